The molecule has 0 aliphatic heterocycles. The minimum Gasteiger partial charge on any atom is -0.380 e. The van der Waals surface area contributed by atoms with E-state index in [-0.39, 0.29) is 30.1 Å². The highest BCUT2D eigenvalue weighted by Gasteiger charge is 2.05. The zero-order chi connectivity index (χ0) is 20.0. The maximum absolute atomic E-state index is 5.93. The summed E-state index contributed by atoms with van der Waals surface area (Å²) in [5, 5.41) is 6.68. The lowest BCUT2D eigenvalue weighted by atomic mass is 10.1. The van der Waals surface area contributed by atoms with Gasteiger partial charge in [0.1, 0.15) is 0 Å². The van der Waals surface area contributed by atoms with Gasteiger partial charge >= 0.3 is 0 Å². The Morgan fingerprint density at radius 2 is 1.69 bits per heavy atom. The first-order chi connectivity index (χ1) is 13.7. The molecule has 0 aromatic heterocycles. The summed E-state index contributed by atoms with van der Waals surface area (Å²) in [4.78, 5) is 4.71. The lowest BCUT2D eigenvalue weighted by Crippen LogP contribution is -2.38. The normalized spacial score (nSPS) is 12.2. The SMILES string of the molecule is CCNC(=NCc1ccccc1COC)NCCCOC(C)c1ccccc1.I. The molecule has 5 nitrogen and oxygen atoms in total. The Labute approximate surface area is 192 Å². The number of methoxy groups -OCH3 is 1. The Morgan fingerprint density at radius 3 is 2.38 bits per heavy atom. The lowest BCUT2D eigenvalue weighted by Gasteiger charge is -2.15. The number of ether oxygens (including phenoxy) is 2. The van der Waals surface area contributed by atoms with Gasteiger partial charge in [-0.2, -0.15) is 0 Å². The first kappa shape index (κ1) is 25.4. The molecule has 2 N–H and O–H groups in total. The van der Waals surface area contributed by atoms with Crippen LogP contribution in [-0.2, 0) is 22.6 Å². The molecule has 0 spiro atoms. The van der Waals surface area contributed by atoms with Gasteiger partial charge in [-0.05, 0) is 37.0 Å². The van der Waals surface area contributed by atoms with Crippen molar-refractivity contribution in [3.8, 4) is 0 Å². The minimum absolute atomic E-state index is 0. The Balaban J connectivity index is 0.00000420. The van der Waals surface area contributed by atoms with Crippen LogP contribution in [0.5, 0.6) is 0 Å². The number of rotatable bonds is 11. The summed E-state index contributed by atoms with van der Waals surface area (Å²) < 4.78 is 11.2. The fraction of sp³-hybridized carbons (Fsp3) is 0.435. The molecule has 6 heteroatoms. The third-order valence-electron chi connectivity index (χ3n) is 4.42. The van der Waals surface area contributed by atoms with Crippen LogP contribution in [0.4, 0.5) is 0 Å². The second-order valence-electron chi connectivity index (χ2n) is 6.60. The van der Waals surface area contributed by atoms with Crippen molar-refractivity contribution in [2.75, 3.05) is 26.8 Å². The van der Waals surface area contributed by atoms with Gasteiger partial charge in [-0.15, -0.1) is 24.0 Å². The van der Waals surface area contributed by atoms with Gasteiger partial charge in [-0.1, -0.05) is 54.6 Å². The van der Waals surface area contributed by atoms with Crippen molar-refractivity contribution in [3.63, 3.8) is 0 Å². The Kier molecular flexibility index (Phi) is 13.3. The molecule has 0 fully saturated rings. The van der Waals surface area contributed by atoms with Crippen LogP contribution in [0.3, 0.4) is 0 Å². The molecule has 2 aromatic rings. The molecule has 2 aromatic carbocycles. The fourth-order valence-electron chi connectivity index (χ4n) is 2.87. The number of guanidine groups is 1. The standard InChI is InChI=1S/C23H33N3O2.HI/c1-4-24-23(26-17-21-13-8-9-14-22(21)18-27-3)25-15-10-16-28-19(2)20-11-6-5-7-12-20;/h5-9,11-14,19H,4,10,15-18H2,1-3H3,(H2,24,25,26);1H. The smallest absolute Gasteiger partial charge is 0.191 e. The maximum atomic E-state index is 5.93. The van der Waals surface area contributed by atoms with E-state index in [1.54, 1.807) is 7.11 Å². The molecule has 29 heavy (non-hydrogen) atoms. The monoisotopic (exact) mass is 511 g/mol. The van der Waals surface area contributed by atoms with Crippen LogP contribution >= 0.6 is 24.0 Å². The van der Waals surface area contributed by atoms with Crippen molar-refractivity contribution in [3.05, 3.63) is 71.3 Å². The van der Waals surface area contributed by atoms with Gasteiger partial charge in [0.05, 0.1) is 19.3 Å². The predicted molar refractivity (Wildman–Crippen MR) is 131 cm³/mol. The molecule has 160 valence electrons. The van der Waals surface area contributed by atoms with E-state index in [9.17, 15) is 0 Å². The predicted octanol–water partition coefficient (Wildman–Crippen LogP) is 4.67. The van der Waals surface area contributed by atoms with E-state index in [4.69, 9.17) is 14.5 Å². The van der Waals surface area contributed by atoms with Gasteiger partial charge in [0.15, 0.2) is 5.96 Å². The highest BCUT2D eigenvalue weighted by atomic mass is 127. The minimum atomic E-state index is 0. The molecular formula is C23H34IN3O2. The third-order valence-corrected chi connectivity index (χ3v) is 4.42. The topological polar surface area (TPSA) is 54.9 Å². The summed E-state index contributed by atoms with van der Waals surface area (Å²) >= 11 is 0. The number of nitrogens with one attached hydrogen (secondary N) is 2. The highest BCUT2D eigenvalue weighted by molar-refractivity contribution is 14.0. The fourth-order valence-corrected chi connectivity index (χ4v) is 2.87. The second kappa shape index (κ2) is 15.2. The van der Waals surface area contributed by atoms with Crippen molar-refractivity contribution in [2.45, 2.75) is 39.5 Å². The largest absolute Gasteiger partial charge is 0.380 e. The average molecular weight is 511 g/mol. The number of aliphatic imine (C=N–C) groups is 1. The van der Waals surface area contributed by atoms with Crippen molar-refractivity contribution in [2.24, 2.45) is 4.99 Å². The molecule has 0 saturated carbocycles. The molecule has 0 bridgehead atoms. The van der Waals surface area contributed by atoms with E-state index in [2.05, 4.69) is 48.7 Å². The number of benzene rings is 2. The van der Waals surface area contributed by atoms with Gasteiger partial charge in [0.2, 0.25) is 0 Å². The van der Waals surface area contributed by atoms with Crippen LogP contribution in [0.1, 0.15) is 43.1 Å². The van der Waals surface area contributed by atoms with Crippen molar-refractivity contribution in [1.29, 1.82) is 0 Å². The molecule has 0 amide bonds. The summed E-state index contributed by atoms with van der Waals surface area (Å²) in [6, 6.07) is 18.6. The van der Waals surface area contributed by atoms with Crippen LogP contribution in [0.25, 0.3) is 0 Å². The Morgan fingerprint density at radius 1 is 1.00 bits per heavy atom. The molecule has 2 rings (SSSR count). The molecule has 1 atom stereocenters. The van der Waals surface area contributed by atoms with Gasteiger partial charge in [0.25, 0.3) is 0 Å². The van der Waals surface area contributed by atoms with Crippen molar-refractivity contribution in [1.82, 2.24) is 10.6 Å². The van der Waals surface area contributed by atoms with Crippen molar-refractivity contribution >= 4 is 29.9 Å². The summed E-state index contributed by atoms with van der Waals surface area (Å²) in [5.41, 5.74) is 3.56. The zero-order valence-electron chi connectivity index (χ0n) is 17.7. The van der Waals surface area contributed by atoms with Gasteiger partial charge in [0, 0.05) is 26.8 Å². The van der Waals surface area contributed by atoms with Crippen LogP contribution in [-0.4, -0.2) is 32.8 Å². The summed E-state index contributed by atoms with van der Waals surface area (Å²) in [6.07, 6.45) is 1.03. The van der Waals surface area contributed by atoms with Gasteiger partial charge in [-0.25, -0.2) is 4.99 Å². The molecule has 0 radical (unpaired) electrons. The van der Waals surface area contributed by atoms with E-state index in [1.807, 2.05) is 30.3 Å². The number of hydrogen-bond acceptors (Lipinski definition) is 3. The second-order valence-corrected chi connectivity index (χ2v) is 6.60. The summed E-state index contributed by atoms with van der Waals surface area (Å²) in [5.74, 6) is 0.825. The maximum Gasteiger partial charge on any atom is 0.191 e. The van der Waals surface area contributed by atoms with Gasteiger partial charge in [-0.3, -0.25) is 0 Å². The van der Waals surface area contributed by atoms with E-state index in [1.165, 1.54) is 16.7 Å². The van der Waals surface area contributed by atoms with E-state index in [0.717, 1.165) is 25.5 Å². The molecule has 0 aliphatic rings. The van der Waals surface area contributed by atoms with Crippen molar-refractivity contribution < 1.29 is 9.47 Å². The van der Waals surface area contributed by atoms with E-state index >= 15 is 0 Å². The molecule has 0 heterocycles. The average Bonchev–Trinajstić information content (AvgIpc) is 2.73. The zero-order valence-corrected chi connectivity index (χ0v) is 20.0. The van der Waals surface area contributed by atoms with Crippen LogP contribution in [0.15, 0.2) is 59.6 Å². The number of hydrogen-bond donors (Lipinski definition) is 2. The molecule has 0 saturated heterocycles. The summed E-state index contributed by atoms with van der Waals surface area (Å²) in [6.45, 7) is 7.73. The van der Waals surface area contributed by atoms with Crippen LogP contribution in [0.2, 0.25) is 0 Å². The molecular weight excluding hydrogens is 477 g/mol. The highest BCUT2D eigenvalue weighted by Crippen LogP contribution is 2.15. The summed E-state index contributed by atoms with van der Waals surface area (Å²) in [7, 11) is 1.71. The molecule has 1 unspecified atom stereocenters. The lowest BCUT2D eigenvalue weighted by molar-refractivity contribution is 0.0646. The van der Waals surface area contributed by atoms with E-state index in [0.29, 0.717) is 19.8 Å². The third kappa shape index (κ3) is 9.60. The first-order valence-electron chi connectivity index (χ1n) is 9.99. The van der Waals surface area contributed by atoms with Crippen LogP contribution in [0, 0.1) is 0 Å². The number of halogens is 1. The van der Waals surface area contributed by atoms with E-state index < -0.39 is 0 Å². The number of nitrogens with zero attached hydrogens (tertiary/aromatic N) is 1. The molecule has 0 aliphatic carbocycles. The van der Waals surface area contributed by atoms with Crippen LogP contribution < -0.4 is 10.6 Å². The first-order valence-corrected chi connectivity index (χ1v) is 9.99. The Bertz CT molecular complexity index is 710. The van der Waals surface area contributed by atoms with Gasteiger partial charge < -0.3 is 20.1 Å². The Hall–Kier alpha value is -1.64. The quantitative estimate of drug-likeness (QED) is 0.199.